The maximum Gasteiger partial charge on any atom is 0.0703 e. The topological polar surface area (TPSA) is 9.23 Å². The van der Waals surface area contributed by atoms with Crippen LogP contribution in [0.1, 0.15) is 25.7 Å². The minimum atomic E-state index is 0.418. The highest BCUT2D eigenvalue weighted by Gasteiger charge is 2.22. The average Bonchev–Trinajstić information content (AvgIpc) is 2.03. The first kappa shape index (κ1) is 9.27. The Morgan fingerprint density at radius 3 is 3.09 bits per heavy atom. The molecule has 1 fully saturated rings. The summed E-state index contributed by atoms with van der Waals surface area (Å²) >= 11 is 3.63. The third-order valence-corrected chi connectivity index (χ3v) is 3.06. The standard InChI is InChI=1S/C9H15BrO/c1-2-3-6-9-8(10)5-4-7-11-9/h2,8-9H,1,3-7H2. The van der Waals surface area contributed by atoms with Gasteiger partial charge in [-0.05, 0) is 25.7 Å². The zero-order valence-corrected chi connectivity index (χ0v) is 8.35. The Bertz CT molecular complexity index is 125. The van der Waals surface area contributed by atoms with Crippen molar-refractivity contribution in [2.75, 3.05) is 6.61 Å². The first-order valence-corrected chi connectivity index (χ1v) is 5.12. The van der Waals surface area contributed by atoms with Crippen LogP contribution in [0.15, 0.2) is 12.7 Å². The van der Waals surface area contributed by atoms with Crippen LogP contribution in [0.3, 0.4) is 0 Å². The fraction of sp³-hybridized carbons (Fsp3) is 0.778. The Morgan fingerprint density at radius 2 is 2.45 bits per heavy atom. The third-order valence-electron chi connectivity index (χ3n) is 2.01. The Labute approximate surface area is 76.9 Å². The molecule has 64 valence electrons. The highest BCUT2D eigenvalue weighted by atomic mass is 79.9. The fourth-order valence-corrected chi connectivity index (χ4v) is 2.09. The van der Waals surface area contributed by atoms with E-state index in [1.807, 2.05) is 6.08 Å². The van der Waals surface area contributed by atoms with E-state index in [2.05, 4.69) is 22.5 Å². The van der Waals surface area contributed by atoms with E-state index < -0.39 is 0 Å². The summed E-state index contributed by atoms with van der Waals surface area (Å²) in [7, 11) is 0. The summed E-state index contributed by atoms with van der Waals surface area (Å²) in [6.07, 6.45) is 6.99. The van der Waals surface area contributed by atoms with E-state index in [9.17, 15) is 0 Å². The van der Waals surface area contributed by atoms with Gasteiger partial charge in [-0.25, -0.2) is 0 Å². The molecule has 2 atom stereocenters. The van der Waals surface area contributed by atoms with Gasteiger partial charge in [0, 0.05) is 11.4 Å². The molecular formula is C9H15BrO. The third kappa shape index (κ3) is 2.96. The molecule has 1 aliphatic heterocycles. The van der Waals surface area contributed by atoms with E-state index in [1.165, 1.54) is 12.8 Å². The van der Waals surface area contributed by atoms with Crippen LogP contribution >= 0.6 is 15.9 Å². The maximum absolute atomic E-state index is 5.60. The van der Waals surface area contributed by atoms with Crippen molar-refractivity contribution in [2.45, 2.75) is 36.6 Å². The first-order chi connectivity index (χ1) is 5.34. The molecule has 0 radical (unpaired) electrons. The number of alkyl halides is 1. The maximum atomic E-state index is 5.60. The van der Waals surface area contributed by atoms with E-state index in [0.29, 0.717) is 10.9 Å². The van der Waals surface area contributed by atoms with Crippen molar-refractivity contribution >= 4 is 15.9 Å². The number of rotatable bonds is 3. The molecule has 11 heavy (non-hydrogen) atoms. The number of halogens is 1. The van der Waals surface area contributed by atoms with Gasteiger partial charge in [0.05, 0.1) is 6.10 Å². The summed E-state index contributed by atoms with van der Waals surface area (Å²) in [5.41, 5.74) is 0. The molecule has 0 aromatic carbocycles. The molecule has 2 unspecified atom stereocenters. The van der Waals surface area contributed by atoms with Gasteiger partial charge in [-0.1, -0.05) is 22.0 Å². The second-order valence-corrected chi connectivity index (χ2v) is 4.11. The fourth-order valence-electron chi connectivity index (χ4n) is 1.35. The molecule has 0 bridgehead atoms. The largest absolute Gasteiger partial charge is 0.377 e. The number of hydrogen-bond acceptors (Lipinski definition) is 1. The van der Waals surface area contributed by atoms with Crippen LogP contribution in [-0.4, -0.2) is 17.5 Å². The van der Waals surface area contributed by atoms with Gasteiger partial charge in [-0.3, -0.25) is 0 Å². The number of hydrogen-bond donors (Lipinski definition) is 0. The second kappa shape index (κ2) is 4.94. The number of allylic oxidation sites excluding steroid dienone is 1. The van der Waals surface area contributed by atoms with Crippen molar-refractivity contribution in [3.8, 4) is 0 Å². The van der Waals surface area contributed by atoms with Gasteiger partial charge in [-0.2, -0.15) is 0 Å². The Hall–Kier alpha value is 0.180. The van der Waals surface area contributed by atoms with Gasteiger partial charge in [0.15, 0.2) is 0 Å². The Balaban J connectivity index is 2.23. The molecule has 0 amide bonds. The summed E-state index contributed by atoms with van der Waals surface area (Å²) in [4.78, 5) is 0.566. The minimum Gasteiger partial charge on any atom is -0.377 e. The molecule has 1 aliphatic rings. The van der Waals surface area contributed by atoms with Gasteiger partial charge in [0.25, 0.3) is 0 Å². The Morgan fingerprint density at radius 1 is 1.64 bits per heavy atom. The SMILES string of the molecule is C=CCCC1OCCCC1Br. The van der Waals surface area contributed by atoms with Crippen LogP contribution in [0.5, 0.6) is 0 Å². The zero-order valence-electron chi connectivity index (χ0n) is 6.76. The van der Waals surface area contributed by atoms with Gasteiger partial charge in [-0.15, -0.1) is 6.58 Å². The predicted molar refractivity (Wildman–Crippen MR) is 51.1 cm³/mol. The lowest BCUT2D eigenvalue weighted by Gasteiger charge is -2.27. The molecular weight excluding hydrogens is 204 g/mol. The average molecular weight is 219 g/mol. The molecule has 0 N–H and O–H groups in total. The van der Waals surface area contributed by atoms with Gasteiger partial charge < -0.3 is 4.74 Å². The minimum absolute atomic E-state index is 0.418. The van der Waals surface area contributed by atoms with Gasteiger partial charge in [0.2, 0.25) is 0 Å². The lowest BCUT2D eigenvalue weighted by atomic mass is 10.0. The van der Waals surface area contributed by atoms with E-state index in [4.69, 9.17) is 4.74 Å². The molecule has 0 spiro atoms. The van der Waals surface area contributed by atoms with Crippen LogP contribution in [-0.2, 0) is 4.74 Å². The highest BCUT2D eigenvalue weighted by Crippen LogP contribution is 2.24. The van der Waals surface area contributed by atoms with Crippen molar-refractivity contribution in [3.05, 3.63) is 12.7 Å². The molecule has 0 aliphatic carbocycles. The van der Waals surface area contributed by atoms with Crippen molar-refractivity contribution in [2.24, 2.45) is 0 Å². The van der Waals surface area contributed by atoms with Crippen molar-refractivity contribution in [3.63, 3.8) is 0 Å². The number of ether oxygens (including phenoxy) is 1. The smallest absolute Gasteiger partial charge is 0.0703 e. The first-order valence-electron chi connectivity index (χ1n) is 4.21. The van der Waals surface area contributed by atoms with E-state index >= 15 is 0 Å². The molecule has 2 heteroatoms. The van der Waals surface area contributed by atoms with Gasteiger partial charge in [0.1, 0.15) is 0 Å². The molecule has 1 rings (SSSR count). The van der Waals surface area contributed by atoms with E-state index in [0.717, 1.165) is 19.4 Å². The van der Waals surface area contributed by atoms with Crippen LogP contribution < -0.4 is 0 Å². The lowest BCUT2D eigenvalue weighted by Crippen LogP contribution is -2.29. The van der Waals surface area contributed by atoms with Crippen LogP contribution in [0, 0.1) is 0 Å². The second-order valence-electron chi connectivity index (χ2n) is 2.93. The molecule has 1 saturated heterocycles. The molecule has 0 saturated carbocycles. The normalized spacial score (nSPS) is 31.7. The summed E-state index contributed by atoms with van der Waals surface area (Å²) in [5, 5.41) is 0. The Kier molecular flexibility index (Phi) is 4.16. The molecule has 1 nitrogen and oxygen atoms in total. The van der Waals surface area contributed by atoms with E-state index in [-0.39, 0.29) is 0 Å². The monoisotopic (exact) mass is 218 g/mol. The summed E-state index contributed by atoms with van der Waals surface area (Å²) in [6.45, 7) is 4.63. The summed E-state index contributed by atoms with van der Waals surface area (Å²) < 4.78 is 5.60. The summed E-state index contributed by atoms with van der Waals surface area (Å²) in [6, 6.07) is 0. The predicted octanol–water partition coefficient (Wildman–Crippen LogP) is 2.90. The van der Waals surface area contributed by atoms with Crippen LogP contribution in [0.25, 0.3) is 0 Å². The molecule has 1 heterocycles. The van der Waals surface area contributed by atoms with Crippen molar-refractivity contribution in [1.29, 1.82) is 0 Å². The van der Waals surface area contributed by atoms with Crippen molar-refractivity contribution in [1.82, 2.24) is 0 Å². The quantitative estimate of drug-likeness (QED) is 0.523. The lowest BCUT2D eigenvalue weighted by molar-refractivity contribution is 0.0185. The van der Waals surface area contributed by atoms with Crippen LogP contribution in [0.4, 0.5) is 0 Å². The zero-order chi connectivity index (χ0) is 8.10. The highest BCUT2D eigenvalue weighted by molar-refractivity contribution is 9.09. The van der Waals surface area contributed by atoms with E-state index in [1.54, 1.807) is 0 Å². The van der Waals surface area contributed by atoms with Crippen molar-refractivity contribution < 1.29 is 4.74 Å². The summed E-state index contributed by atoms with van der Waals surface area (Å²) in [5.74, 6) is 0. The van der Waals surface area contributed by atoms with Crippen LogP contribution in [0.2, 0.25) is 0 Å². The molecule has 0 aromatic heterocycles. The van der Waals surface area contributed by atoms with Gasteiger partial charge >= 0.3 is 0 Å². The molecule has 0 aromatic rings.